The average molecular weight is 209 g/mol. The zero-order valence-electron chi connectivity index (χ0n) is 8.58. The molecule has 15 heavy (non-hydrogen) atoms. The molecule has 2 N–H and O–H groups in total. The third kappa shape index (κ3) is 1.61. The van der Waals surface area contributed by atoms with Gasteiger partial charge in [-0.05, 0) is 12.8 Å². The normalized spacial score (nSPS) is 31.7. The third-order valence-corrected chi connectivity index (χ3v) is 3.23. The summed E-state index contributed by atoms with van der Waals surface area (Å²) in [7, 11) is 0. The van der Waals surface area contributed by atoms with E-state index in [-0.39, 0.29) is 5.91 Å². The molecule has 1 saturated carbocycles. The predicted molar refractivity (Wildman–Crippen MR) is 54.5 cm³/mol. The van der Waals surface area contributed by atoms with E-state index >= 15 is 0 Å². The molecular formula is C10H15N3O2. The molecule has 2 aliphatic heterocycles. The Labute approximate surface area is 88.3 Å². The van der Waals surface area contributed by atoms with Crippen molar-refractivity contribution in [1.82, 2.24) is 10.6 Å². The lowest BCUT2D eigenvalue weighted by Crippen LogP contribution is -2.50. The Hall–Kier alpha value is -1.10. The maximum absolute atomic E-state index is 11.9. The Bertz CT molecular complexity index is 317. The lowest BCUT2D eigenvalue weighted by Gasteiger charge is -2.30. The van der Waals surface area contributed by atoms with Crippen molar-refractivity contribution >= 4 is 11.9 Å². The molecule has 3 aliphatic rings. The van der Waals surface area contributed by atoms with Crippen molar-refractivity contribution in [1.29, 1.82) is 0 Å². The SMILES string of the molecule is O=C1NC(=NC2CC2)NC12CCOCC2. The number of nitrogens with zero attached hydrogens (tertiary/aromatic N) is 1. The maximum Gasteiger partial charge on any atom is 0.252 e. The van der Waals surface area contributed by atoms with E-state index in [1.54, 1.807) is 0 Å². The molecule has 3 rings (SSSR count). The maximum atomic E-state index is 11.9. The first-order chi connectivity index (χ1) is 7.28. The van der Waals surface area contributed by atoms with Crippen LogP contribution in [0.4, 0.5) is 0 Å². The molecule has 0 aromatic heterocycles. The van der Waals surface area contributed by atoms with E-state index in [0.29, 0.717) is 25.2 Å². The average Bonchev–Trinajstić information content (AvgIpc) is 2.98. The van der Waals surface area contributed by atoms with Crippen molar-refractivity contribution in [3.8, 4) is 0 Å². The van der Waals surface area contributed by atoms with Crippen LogP contribution in [0.5, 0.6) is 0 Å². The molecule has 1 spiro atoms. The summed E-state index contributed by atoms with van der Waals surface area (Å²) in [6.07, 6.45) is 3.78. The number of hydrogen-bond acceptors (Lipinski definition) is 3. The van der Waals surface area contributed by atoms with Crippen LogP contribution in [-0.2, 0) is 9.53 Å². The number of aliphatic imine (C=N–C) groups is 1. The monoisotopic (exact) mass is 209 g/mol. The molecule has 1 amide bonds. The minimum absolute atomic E-state index is 0.0604. The molecule has 2 heterocycles. The largest absolute Gasteiger partial charge is 0.381 e. The highest BCUT2D eigenvalue weighted by atomic mass is 16.5. The molecule has 5 heteroatoms. The smallest absolute Gasteiger partial charge is 0.252 e. The standard InChI is InChI=1S/C10H15N3O2/c14-8-10(3-5-15-6-4-10)13-9(12-8)11-7-1-2-7/h7H,1-6H2,(H2,11,12,13,14). The molecule has 5 nitrogen and oxygen atoms in total. The first-order valence-electron chi connectivity index (χ1n) is 5.54. The molecule has 0 radical (unpaired) electrons. The number of nitrogens with one attached hydrogen (secondary N) is 2. The van der Waals surface area contributed by atoms with Crippen LogP contribution < -0.4 is 10.6 Å². The van der Waals surface area contributed by atoms with Crippen molar-refractivity contribution in [3.05, 3.63) is 0 Å². The fourth-order valence-corrected chi connectivity index (χ4v) is 2.06. The van der Waals surface area contributed by atoms with Gasteiger partial charge in [-0.15, -0.1) is 0 Å². The number of amides is 1. The van der Waals surface area contributed by atoms with Crippen LogP contribution in [0, 0.1) is 0 Å². The third-order valence-electron chi connectivity index (χ3n) is 3.23. The minimum atomic E-state index is -0.439. The molecule has 2 saturated heterocycles. The van der Waals surface area contributed by atoms with Crippen molar-refractivity contribution in [2.75, 3.05) is 13.2 Å². The Balaban J connectivity index is 1.76. The second kappa shape index (κ2) is 3.20. The summed E-state index contributed by atoms with van der Waals surface area (Å²) < 4.78 is 5.27. The fourth-order valence-electron chi connectivity index (χ4n) is 2.06. The van der Waals surface area contributed by atoms with E-state index in [0.717, 1.165) is 25.7 Å². The van der Waals surface area contributed by atoms with Gasteiger partial charge in [-0.3, -0.25) is 10.1 Å². The van der Waals surface area contributed by atoms with E-state index in [9.17, 15) is 4.79 Å². The van der Waals surface area contributed by atoms with E-state index in [1.165, 1.54) is 0 Å². The van der Waals surface area contributed by atoms with Gasteiger partial charge in [0.05, 0.1) is 6.04 Å². The molecule has 0 atom stereocenters. The number of guanidine groups is 1. The number of carbonyl (C=O) groups excluding carboxylic acids is 1. The summed E-state index contributed by atoms with van der Waals surface area (Å²) in [5, 5.41) is 6.07. The number of rotatable bonds is 1. The number of ether oxygens (including phenoxy) is 1. The van der Waals surface area contributed by atoms with Gasteiger partial charge in [0.25, 0.3) is 5.91 Å². The van der Waals surface area contributed by atoms with E-state index in [4.69, 9.17) is 4.74 Å². The summed E-state index contributed by atoms with van der Waals surface area (Å²) in [6, 6.07) is 0.433. The molecule has 0 aromatic rings. The van der Waals surface area contributed by atoms with Gasteiger partial charge in [-0.25, -0.2) is 4.99 Å². The van der Waals surface area contributed by atoms with Gasteiger partial charge < -0.3 is 10.1 Å². The van der Waals surface area contributed by atoms with Gasteiger partial charge in [0.15, 0.2) is 5.96 Å². The van der Waals surface area contributed by atoms with Gasteiger partial charge >= 0.3 is 0 Å². The van der Waals surface area contributed by atoms with Gasteiger partial charge in [-0.2, -0.15) is 0 Å². The quantitative estimate of drug-likeness (QED) is 0.627. The van der Waals surface area contributed by atoms with Gasteiger partial charge in [0.2, 0.25) is 0 Å². The zero-order valence-corrected chi connectivity index (χ0v) is 8.58. The molecule has 0 aromatic carbocycles. The summed E-state index contributed by atoms with van der Waals surface area (Å²) in [5.74, 6) is 0.731. The van der Waals surface area contributed by atoms with E-state index < -0.39 is 5.54 Å². The van der Waals surface area contributed by atoms with Crippen LogP contribution in [0.3, 0.4) is 0 Å². The first kappa shape index (κ1) is 9.15. The first-order valence-corrected chi connectivity index (χ1v) is 5.54. The summed E-state index contributed by atoms with van der Waals surface area (Å²) >= 11 is 0. The lowest BCUT2D eigenvalue weighted by atomic mass is 9.90. The number of carbonyl (C=O) groups is 1. The Morgan fingerprint density at radius 3 is 2.73 bits per heavy atom. The Morgan fingerprint density at radius 1 is 1.33 bits per heavy atom. The fraction of sp³-hybridized carbons (Fsp3) is 0.800. The van der Waals surface area contributed by atoms with Crippen molar-refractivity contribution in [2.45, 2.75) is 37.3 Å². The lowest BCUT2D eigenvalue weighted by molar-refractivity contribution is -0.127. The summed E-state index contributed by atoms with van der Waals surface area (Å²) in [4.78, 5) is 16.3. The van der Waals surface area contributed by atoms with Crippen LogP contribution >= 0.6 is 0 Å². The predicted octanol–water partition coefficient (Wildman–Crippen LogP) is -0.227. The highest BCUT2D eigenvalue weighted by Gasteiger charge is 2.46. The van der Waals surface area contributed by atoms with Crippen molar-refractivity contribution in [2.24, 2.45) is 4.99 Å². The number of hydrogen-bond donors (Lipinski definition) is 2. The molecule has 82 valence electrons. The van der Waals surface area contributed by atoms with Gasteiger partial charge in [-0.1, -0.05) is 0 Å². The second-order valence-electron chi connectivity index (χ2n) is 4.48. The molecule has 0 bridgehead atoms. The van der Waals surface area contributed by atoms with Crippen molar-refractivity contribution < 1.29 is 9.53 Å². The topological polar surface area (TPSA) is 62.7 Å². The zero-order chi connectivity index (χ0) is 10.3. The van der Waals surface area contributed by atoms with E-state index in [1.807, 2.05) is 0 Å². The molecule has 1 aliphatic carbocycles. The Morgan fingerprint density at radius 2 is 2.07 bits per heavy atom. The second-order valence-corrected chi connectivity index (χ2v) is 4.48. The molecular weight excluding hydrogens is 194 g/mol. The van der Waals surface area contributed by atoms with Crippen LogP contribution in [-0.4, -0.2) is 36.7 Å². The van der Waals surface area contributed by atoms with Gasteiger partial charge in [0, 0.05) is 26.1 Å². The van der Waals surface area contributed by atoms with Crippen molar-refractivity contribution in [3.63, 3.8) is 0 Å². The molecule has 0 unspecified atom stereocenters. The van der Waals surface area contributed by atoms with Crippen LogP contribution in [0.25, 0.3) is 0 Å². The highest BCUT2D eigenvalue weighted by molar-refractivity contribution is 6.09. The highest BCUT2D eigenvalue weighted by Crippen LogP contribution is 2.27. The van der Waals surface area contributed by atoms with E-state index in [2.05, 4.69) is 15.6 Å². The van der Waals surface area contributed by atoms with Gasteiger partial charge in [0.1, 0.15) is 5.54 Å². The minimum Gasteiger partial charge on any atom is -0.381 e. The molecule has 3 fully saturated rings. The van der Waals surface area contributed by atoms with Crippen LogP contribution in [0.2, 0.25) is 0 Å². The summed E-state index contributed by atoms with van der Waals surface area (Å²) in [6.45, 7) is 1.30. The Kier molecular flexibility index (Phi) is 1.95. The van der Waals surface area contributed by atoms with Crippen LogP contribution in [0.15, 0.2) is 4.99 Å². The summed E-state index contributed by atoms with van der Waals surface area (Å²) in [5.41, 5.74) is -0.439. The van der Waals surface area contributed by atoms with Crippen LogP contribution in [0.1, 0.15) is 25.7 Å².